The molecular weight excluding hydrogens is 330 g/mol. The largest absolute Gasteiger partial charge is 0.439 e. The number of amides is 1. The van der Waals surface area contributed by atoms with Gasteiger partial charge in [0.05, 0.1) is 0 Å². The molecular formula is C17H14F2N4O2. The van der Waals surface area contributed by atoms with Crippen molar-refractivity contribution in [3.05, 3.63) is 71.2 Å². The van der Waals surface area contributed by atoms with E-state index in [9.17, 15) is 13.6 Å². The molecule has 2 aromatic heterocycles. The first-order valence-electron chi connectivity index (χ1n) is 7.40. The van der Waals surface area contributed by atoms with Crippen molar-refractivity contribution in [2.75, 3.05) is 0 Å². The third kappa shape index (κ3) is 3.97. The molecule has 6 nitrogen and oxygen atoms in total. The van der Waals surface area contributed by atoms with E-state index in [0.29, 0.717) is 5.56 Å². The fourth-order valence-corrected chi connectivity index (χ4v) is 2.10. The zero-order valence-corrected chi connectivity index (χ0v) is 13.2. The predicted octanol–water partition coefficient (Wildman–Crippen LogP) is 3.11. The number of halogens is 2. The second-order valence-corrected chi connectivity index (χ2v) is 5.26. The second-order valence-electron chi connectivity index (χ2n) is 5.26. The van der Waals surface area contributed by atoms with Crippen molar-refractivity contribution in [2.24, 2.45) is 0 Å². The van der Waals surface area contributed by atoms with Crippen molar-refractivity contribution >= 4 is 5.91 Å². The molecule has 0 saturated heterocycles. The Morgan fingerprint density at radius 1 is 1.24 bits per heavy atom. The van der Waals surface area contributed by atoms with Gasteiger partial charge in [0.1, 0.15) is 11.4 Å². The van der Waals surface area contributed by atoms with Crippen LogP contribution in [-0.2, 0) is 6.54 Å². The summed E-state index contributed by atoms with van der Waals surface area (Å²) in [5.74, 6) is -2.04. The van der Waals surface area contributed by atoms with Crippen LogP contribution in [0.25, 0.3) is 0 Å². The average molecular weight is 344 g/mol. The number of ether oxygens (including phenoxy) is 1. The molecule has 0 bridgehead atoms. The summed E-state index contributed by atoms with van der Waals surface area (Å²) >= 11 is 0. The normalized spacial score (nSPS) is 10.5. The van der Waals surface area contributed by atoms with Gasteiger partial charge in [-0.25, -0.2) is 13.8 Å². The zero-order chi connectivity index (χ0) is 17.8. The summed E-state index contributed by atoms with van der Waals surface area (Å²) in [6.45, 7) is 1.93. The van der Waals surface area contributed by atoms with Crippen LogP contribution >= 0.6 is 0 Å². The van der Waals surface area contributed by atoms with Gasteiger partial charge in [-0.1, -0.05) is 6.07 Å². The van der Waals surface area contributed by atoms with Crippen molar-refractivity contribution < 1.29 is 18.3 Å². The van der Waals surface area contributed by atoms with Crippen LogP contribution in [0.15, 0.2) is 42.6 Å². The van der Waals surface area contributed by atoms with Gasteiger partial charge in [0, 0.05) is 30.1 Å². The number of aromatic amines is 1. The van der Waals surface area contributed by atoms with E-state index < -0.39 is 11.6 Å². The molecule has 2 N–H and O–H groups in total. The Morgan fingerprint density at radius 3 is 2.80 bits per heavy atom. The highest BCUT2D eigenvalue weighted by Gasteiger charge is 2.12. The number of rotatable bonds is 5. The average Bonchev–Trinajstić information content (AvgIpc) is 3.04. The summed E-state index contributed by atoms with van der Waals surface area (Å²) in [6.07, 6.45) is 1.50. The third-order valence-corrected chi connectivity index (χ3v) is 3.33. The highest BCUT2D eigenvalue weighted by atomic mass is 19.2. The topological polar surface area (TPSA) is 79.9 Å². The molecule has 0 aliphatic heterocycles. The van der Waals surface area contributed by atoms with E-state index in [-0.39, 0.29) is 29.8 Å². The second kappa shape index (κ2) is 7.08. The first kappa shape index (κ1) is 16.6. The van der Waals surface area contributed by atoms with E-state index >= 15 is 0 Å². The summed E-state index contributed by atoms with van der Waals surface area (Å²) in [7, 11) is 0. The molecule has 3 aromatic rings. The zero-order valence-electron chi connectivity index (χ0n) is 13.2. The molecule has 1 aromatic carbocycles. The van der Waals surface area contributed by atoms with Gasteiger partial charge in [-0.15, -0.1) is 0 Å². The Hall–Kier alpha value is -3.29. The molecule has 0 aliphatic rings. The summed E-state index contributed by atoms with van der Waals surface area (Å²) < 4.78 is 31.8. The number of pyridine rings is 1. The van der Waals surface area contributed by atoms with Gasteiger partial charge in [0.25, 0.3) is 5.91 Å². The molecule has 0 saturated carbocycles. The van der Waals surface area contributed by atoms with E-state index in [4.69, 9.17) is 4.74 Å². The number of nitrogens with one attached hydrogen (secondary N) is 2. The lowest BCUT2D eigenvalue weighted by molar-refractivity contribution is 0.0945. The summed E-state index contributed by atoms with van der Waals surface area (Å²) in [5, 5.41) is 9.26. The van der Waals surface area contributed by atoms with Crippen LogP contribution in [0.4, 0.5) is 8.78 Å². The molecule has 2 heterocycles. The minimum Gasteiger partial charge on any atom is -0.439 e. The van der Waals surface area contributed by atoms with E-state index in [1.54, 1.807) is 25.1 Å². The number of benzene rings is 1. The third-order valence-electron chi connectivity index (χ3n) is 3.33. The van der Waals surface area contributed by atoms with Gasteiger partial charge in [-0.3, -0.25) is 9.89 Å². The quantitative estimate of drug-likeness (QED) is 0.745. The van der Waals surface area contributed by atoms with E-state index in [1.807, 2.05) is 0 Å². The van der Waals surface area contributed by atoms with Crippen molar-refractivity contribution in [1.29, 1.82) is 0 Å². The molecule has 128 valence electrons. The SMILES string of the molecule is Cc1cc(C(=O)NCc2cccnc2Oc2ccc(F)c(F)c2)n[nH]1. The highest BCUT2D eigenvalue weighted by Crippen LogP contribution is 2.24. The molecule has 0 aliphatic carbocycles. The van der Waals surface area contributed by atoms with Crippen LogP contribution in [-0.4, -0.2) is 21.1 Å². The monoisotopic (exact) mass is 344 g/mol. The molecule has 0 unspecified atom stereocenters. The Bertz CT molecular complexity index is 911. The number of H-pyrrole nitrogens is 1. The maximum absolute atomic E-state index is 13.3. The Morgan fingerprint density at radius 2 is 2.08 bits per heavy atom. The molecule has 8 heteroatoms. The molecule has 0 fully saturated rings. The number of hydrogen-bond donors (Lipinski definition) is 2. The molecule has 3 rings (SSSR count). The van der Waals surface area contributed by atoms with E-state index in [2.05, 4.69) is 20.5 Å². The molecule has 0 spiro atoms. The highest BCUT2D eigenvalue weighted by molar-refractivity contribution is 5.92. The van der Waals surface area contributed by atoms with Crippen LogP contribution in [0.3, 0.4) is 0 Å². The fourth-order valence-electron chi connectivity index (χ4n) is 2.10. The van der Waals surface area contributed by atoms with Crippen LogP contribution in [0, 0.1) is 18.6 Å². The minimum atomic E-state index is -1.02. The molecule has 25 heavy (non-hydrogen) atoms. The van der Waals surface area contributed by atoms with Crippen molar-refractivity contribution in [2.45, 2.75) is 13.5 Å². The smallest absolute Gasteiger partial charge is 0.272 e. The van der Waals surface area contributed by atoms with Gasteiger partial charge in [0.15, 0.2) is 11.6 Å². The summed E-state index contributed by atoms with van der Waals surface area (Å²) in [5.41, 5.74) is 1.62. The minimum absolute atomic E-state index is 0.105. The Labute approximate surface area is 141 Å². The molecule has 0 radical (unpaired) electrons. The number of nitrogens with zero attached hydrogens (tertiary/aromatic N) is 2. The van der Waals surface area contributed by atoms with Gasteiger partial charge in [0.2, 0.25) is 5.88 Å². The van der Waals surface area contributed by atoms with Crippen LogP contribution < -0.4 is 10.1 Å². The number of carbonyl (C=O) groups is 1. The lowest BCUT2D eigenvalue weighted by Gasteiger charge is -2.10. The molecule has 0 atom stereocenters. The fraction of sp³-hybridized carbons (Fsp3) is 0.118. The predicted molar refractivity (Wildman–Crippen MR) is 85.2 cm³/mol. The first-order valence-corrected chi connectivity index (χ1v) is 7.40. The van der Waals surface area contributed by atoms with Crippen molar-refractivity contribution in [3.8, 4) is 11.6 Å². The standard InChI is InChI=1S/C17H14F2N4O2/c1-10-7-15(23-22-10)16(24)21-9-11-3-2-6-20-17(11)25-12-4-5-13(18)14(19)8-12/h2-8H,9H2,1H3,(H,21,24)(H,22,23). The van der Waals surface area contributed by atoms with Crippen LogP contribution in [0.1, 0.15) is 21.7 Å². The van der Waals surface area contributed by atoms with E-state index in [1.165, 1.54) is 12.3 Å². The summed E-state index contributed by atoms with van der Waals surface area (Å²) in [6, 6.07) is 8.20. The lowest BCUT2D eigenvalue weighted by atomic mass is 10.2. The number of hydrogen-bond acceptors (Lipinski definition) is 4. The van der Waals surface area contributed by atoms with Gasteiger partial charge < -0.3 is 10.1 Å². The van der Waals surface area contributed by atoms with Crippen LogP contribution in [0.2, 0.25) is 0 Å². The number of aryl methyl sites for hydroxylation is 1. The van der Waals surface area contributed by atoms with Gasteiger partial charge in [-0.2, -0.15) is 5.10 Å². The summed E-state index contributed by atoms with van der Waals surface area (Å²) in [4.78, 5) is 16.1. The van der Waals surface area contributed by atoms with Crippen LogP contribution in [0.5, 0.6) is 11.6 Å². The number of aromatic nitrogens is 3. The Balaban J connectivity index is 1.72. The Kier molecular flexibility index (Phi) is 4.69. The maximum atomic E-state index is 13.3. The van der Waals surface area contributed by atoms with Gasteiger partial charge >= 0.3 is 0 Å². The van der Waals surface area contributed by atoms with Gasteiger partial charge in [-0.05, 0) is 31.2 Å². The van der Waals surface area contributed by atoms with E-state index in [0.717, 1.165) is 17.8 Å². The first-order chi connectivity index (χ1) is 12.0. The van der Waals surface area contributed by atoms with Crippen molar-refractivity contribution in [3.63, 3.8) is 0 Å². The molecule has 1 amide bonds. The number of carbonyl (C=O) groups excluding carboxylic acids is 1. The van der Waals surface area contributed by atoms with Crippen molar-refractivity contribution in [1.82, 2.24) is 20.5 Å². The maximum Gasteiger partial charge on any atom is 0.272 e. The lowest BCUT2D eigenvalue weighted by Crippen LogP contribution is -2.23.